The van der Waals surface area contributed by atoms with Gasteiger partial charge < -0.3 is 15.0 Å². The lowest BCUT2D eigenvalue weighted by atomic mass is 9.95. The van der Waals surface area contributed by atoms with Crippen molar-refractivity contribution in [2.24, 2.45) is 5.92 Å². The van der Waals surface area contributed by atoms with Crippen molar-refractivity contribution in [1.82, 2.24) is 15.3 Å². The van der Waals surface area contributed by atoms with Crippen LogP contribution in [0.2, 0.25) is 5.02 Å². The molecule has 0 saturated carbocycles. The molecule has 0 radical (unpaired) electrons. The van der Waals surface area contributed by atoms with E-state index in [9.17, 15) is 0 Å². The van der Waals surface area contributed by atoms with Crippen LogP contribution in [-0.2, 0) is 0 Å². The predicted molar refractivity (Wildman–Crippen MR) is 86.3 cm³/mol. The Bertz CT molecular complexity index is 467. The molecule has 0 amide bonds. The molecule has 2 rings (SSSR count). The van der Waals surface area contributed by atoms with Crippen molar-refractivity contribution >= 4 is 17.4 Å². The molecule has 0 atom stereocenters. The van der Waals surface area contributed by atoms with Crippen LogP contribution in [0.15, 0.2) is 6.20 Å². The molecular weight excluding hydrogens is 288 g/mol. The summed E-state index contributed by atoms with van der Waals surface area (Å²) in [7, 11) is 1.57. The van der Waals surface area contributed by atoms with E-state index < -0.39 is 0 Å². The smallest absolute Gasteiger partial charge is 0.318 e. The van der Waals surface area contributed by atoms with Crippen molar-refractivity contribution in [1.29, 1.82) is 0 Å². The summed E-state index contributed by atoms with van der Waals surface area (Å²) in [5, 5.41) is 4.17. The number of hydrogen-bond acceptors (Lipinski definition) is 5. The largest absolute Gasteiger partial charge is 0.467 e. The maximum atomic E-state index is 6.21. The Hall–Kier alpha value is -1.07. The molecule has 0 bridgehead atoms. The lowest BCUT2D eigenvalue weighted by Gasteiger charge is -2.34. The first-order chi connectivity index (χ1) is 9.89. The van der Waals surface area contributed by atoms with Crippen molar-refractivity contribution in [3.05, 3.63) is 11.2 Å². The van der Waals surface area contributed by atoms with Crippen molar-refractivity contribution < 1.29 is 4.74 Å². The number of rotatable bonds is 4. The summed E-state index contributed by atoms with van der Waals surface area (Å²) in [6, 6.07) is 0.367. The SMILES string of the molecule is COc1ncc(Cl)c(N2CCC(CNC(C)(C)C)CC2)n1. The number of nitrogens with zero attached hydrogens (tertiary/aromatic N) is 3. The zero-order valence-electron chi connectivity index (χ0n) is 13.3. The third kappa shape index (κ3) is 4.71. The summed E-state index contributed by atoms with van der Waals surface area (Å²) in [4.78, 5) is 10.6. The summed E-state index contributed by atoms with van der Waals surface area (Å²) in [5.41, 5.74) is 0.181. The molecule has 0 unspecified atom stereocenters. The van der Waals surface area contributed by atoms with Crippen LogP contribution in [0, 0.1) is 5.92 Å². The van der Waals surface area contributed by atoms with E-state index in [2.05, 4.69) is 41.0 Å². The predicted octanol–water partition coefficient (Wildman–Crippen LogP) is 2.74. The van der Waals surface area contributed by atoms with Gasteiger partial charge in [-0.25, -0.2) is 4.98 Å². The number of methoxy groups -OCH3 is 1. The number of anilines is 1. The van der Waals surface area contributed by atoms with Gasteiger partial charge in [-0.05, 0) is 46.1 Å². The molecule has 1 fully saturated rings. The Labute approximate surface area is 132 Å². The zero-order valence-corrected chi connectivity index (χ0v) is 14.1. The normalized spacial score (nSPS) is 17.1. The van der Waals surface area contributed by atoms with E-state index in [1.807, 2.05) is 0 Å². The second kappa shape index (κ2) is 6.79. The Morgan fingerprint density at radius 3 is 2.62 bits per heavy atom. The average Bonchev–Trinajstić information content (AvgIpc) is 2.45. The molecule has 1 aliphatic rings. The van der Waals surface area contributed by atoms with Gasteiger partial charge in [-0.1, -0.05) is 11.6 Å². The molecule has 1 aromatic rings. The second-order valence-corrected chi connectivity index (χ2v) is 7.00. The maximum Gasteiger partial charge on any atom is 0.318 e. The van der Waals surface area contributed by atoms with Crippen LogP contribution in [0.4, 0.5) is 5.82 Å². The summed E-state index contributed by atoms with van der Waals surface area (Å²) in [6.07, 6.45) is 3.90. The fraction of sp³-hybridized carbons (Fsp3) is 0.733. The molecule has 0 aromatic carbocycles. The van der Waals surface area contributed by atoms with Gasteiger partial charge in [-0.15, -0.1) is 0 Å². The fourth-order valence-electron chi connectivity index (χ4n) is 2.46. The van der Waals surface area contributed by atoms with Crippen LogP contribution in [0.1, 0.15) is 33.6 Å². The zero-order chi connectivity index (χ0) is 15.5. The average molecular weight is 313 g/mol. The Kier molecular flexibility index (Phi) is 5.27. The van der Waals surface area contributed by atoms with Crippen molar-refractivity contribution in [3.63, 3.8) is 0 Å². The van der Waals surface area contributed by atoms with Crippen LogP contribution >= 0.6 is 11.6 Å². The highest BCUT2D eigenvalue weighted by Gasteiger charge is 2.23. The minimum Gasteiger partial charge on any atom is -0.467 e. The van der Waals surface area contributed by atoms with Gasteiger partial charge in [0.2, 0.25) is 0 Å². The molecule has 2 heterocycles. The molecule has 0 aliphatic carbocycles. The lowest BCUT2D eigenvalue weighted by molar-refractivity contribution is 0.327. The van der Waals surface area contributed by atoms with Gasteiger partial charge in [0.05, 0.1) is 13.3 Å². The molecule has 6 heteroatoms. The summed E-state index contributed by atoms with van der Waals surface area (Å²) < 4.78 is 5.08. The van der Waals surface area contributed by atoms with E-state index >= 15 is 0 Å². The summed E-state index contributed by atoms with van der Waals surface area (Å²) in [5.74, 6) is 1.49. The standard InChI is InChI=1S/C15H25ClN4O/c1-15(2,3)18-9-11-5-7-20(8-6-11)13-12(16)10-17-14(19-13)21-4/h10-11,18H,5-9H2,1-4H3. The van der Waals surface area contributed by atoms with Crippen LogP contribution in [0.25, 0.3) is 0 Å². The maximum absolute atomic E-state index is 6.21. The van der Waals surface area contributed by atoms with E-state index in [0.29, 0.717) is 17.0 Å². The van der Waals surface area contributed by atoms with Gasteiger partial charge in [0.25, 0.3) is 0 Å². The van der Waals surface area contributed by atoms with E-state index in [-0.39, 0.29) is 5.54 Å². The van der Waals surface area contributed by atoms with Crippen molar-refractivity contribution in [3.8, 4) is 6.01 Å². The van der Waals surface area contributed by atoms with E-state index in [0.717, 1.165) is 38.3 Å². The lowest BCUT2D eigenvalue weighted by Crippen LogP contribution is -2.43. The van der Waals surface area contributed by atoms with Crippen molar-refractivity contribution in [2.45, 2.75) is 39.2 Å². The van der Waals surface area contributed by atoms with Crippen molar-refractivity contribution in [2.75, 3.05) is 31.6 Å². The molecule has 1 aromatic heterocycles. The van der Waals surface area contributed by atoms with E-state index in [4.69, 9.17) is 16.3 Å². The van der Waals surface area contributed by atoms with Gasteiger partial charge in [0.1, 0.15) is 5.02 Å². The van der Waals surface area contributed by atoms with E-state index in [1.54, 1.807) is 13.3 Å². The summed E-state index contributed by atoms with van der Waals surface area (Å²) >= 11 is 6.21. The fourth-order valence-corrected chi connectivity index (χ4v) is 2.67. The number of halogens is 1. The topological polar surface area (TPSA) is 50.3 Å². The number of nitrogens with one attached hydrogen (secondary N) is 1. The van der Waals surface area contributed by atoms with Crippen LogP contribution in [0.5, 0.6) is 6.01 Å². The van der Waals surface area contributed by atoms with E-state index in [1.165, 1.54) is 0 Å². The molecule has 118 valence electrons. The van der Waals surface area contributed by atoms with Gasteiger partial charge in [0.15, 0.2) is 5.82 Å². The number of piperidine rings is 1. The molecule has 1 aliphatic heterocycles. The highest BCUT2D eigenvalue weighted by molar-refractivity contribution is 6.32. The van der Waals surface area contributed by atoms with Gasteiger partial charge in [-0.2, -0.15) is 4.98 Å². The van der Waals surface area contributed by atoms with Gasteiger partial charge in [-0.3, -0.25) is 0 Å². The Morgan fingerprint density at radius 1 is 1.38 bits per heavy atom. The Balaban J connectivity index is 1.92. The monoisotopic (exact) mass is 312 g/mol. The third-order valence-corrected chi connectivity index (χ3v) is 3.99. The second-order valence-electron chi connectivity index (χ2n) is 6.59. The molecule has 5 nitrogen and oxygen atoms in total. The Morgan fingerprint density at radius 2 is 2.05 bits per heavy atom. The van der Waals surface area contributed by atoms with Crippen LogP contribution < -0.4 is 15.0 Å². The summed E-state index contributed by atoms with van der Waals surface area (Å²) in [6.45, 7) is 9.62. The number of aromatic nitrogens is 2. The minimum atomic E-state index is 0.181. The molecule has 1 N–H and O–H groups in total. The first-order valence-corrected chi connectivity index (χ1v) is 7.83. The van der Waals surface area contributed by atoms with Crippen LogP contribution in [0.3, 0.4) is 0 Å². The van der Waals surface area contributed by atoms with Gasteiger partial charge >= 0.3 is 6.01 Å². The molecular formula is C15H25ClN4O. The first-order valence-electron chi connectivity index (χ1n) is 7.45. The molecule has 21 heavy (non-hydrogen) atoms. The number of hydrogen-bond donors (Lipinski definition) is 1. The quantitative estimate of drug-likeness (QED) is 0.926. The highest BCUT2D eigenvalue weighted by Crippen LogP contribution is 2.28. The molecule has 0 spiro atoms. The molecule has 1 saturated heterocycles. The van der Waals surface area contributed by atoms with Gasteiger partial charge in [0, 0.05) is 18.6 Å². The van der Waals surface area contributed by atoms with Crippen LogP contribution in [-0.4, -0.2) is 42.3 Å². The first kappa shape index (κ1) is 16.3. The number of ether oxygens (including phenoxy) is 1. The highest BCUT2D eigenvalue weighted by atomic mass is 35.5. The third-order valence-electron chi connectivity index (χ3n) is 3.72. The minimum absolute atomic E-state index is 0.181.